The smallest absolute Gasteiger partial charge is 0.251 e. The Hall–Kier alpha value is -3.48. The molecular formula is C16H17N9O. The second-order valence-corrected chi connectivity index (χ2v) is 6.16. The van der Waals surface area contributed by atoms with Gasteiger partial charge in [0.05, 0.1) is 6.54 Å². The maximum atomic E-state index is 12.5. The van der Waals surface area contributed by atoms with Crippen LogP contribution in [-0.2, 0) is 13.6 Å². The number of aryl methyl sites for hydroxylation is 1. The molecule has 0 saturated heterocycles. The number of rotatable bonds is 7. The zero-order chi connectivity index (χ0) is 18.5. The van der Waals surface area contributed by atoms with Crippen molar-refractivity contribution in [1.82, 2.24) is 15.1 Å². The molecule has 132 valence electrons. The normalized spacial score (nSPS) is 17.7. The van der Waals surface area contributed by atoms with E-state index in [1.54, 1.807) is 18.3 Å². The molecule has 0 unspecified atom stereocenters. The van der Waals surface area contributed by atoms with Crippen LogP contribution in [0.1, 0.15) is 34.0 Å². The maximum Gasteiger partial charge on any atom is 0.251 e. The zero-order valence-electron chi connectivity index (χ0n) is 14.1. The van der Waals surface area contributed by atoms with Gasteiger partial charge in [-0.2, -0.15) is 5.10 Å². The highest BCUT2D eigenvalue weighted by Crippen LogP contribution is 2.46. The van der Waals surface area contributed by atoms with Crippen LogP contribution in [0.4, 0.5) is 5.69 Å². The molecule has 1 saturated carbocycles. The summed E-state index contributed by atoms with van der Waals surface area (Å²) in [6, 6.07) is 6.73. The molecule has 1 aromatic carbocycles. The summed E-state index contributed by atoms with van der Waals surface area (Å²) in [6.45, 7) is 0.642. The largest absolute Gasteiger partial charge is 0.352 e. The fourth-order valence-electron chi connectivity index (χ4n) is 3.03. The Balaban J connectivity index is 1.65. The summed E-state index contributed by atoms with van der Waals surface area (Å²) in [5, 5.41) is 14.1. The third kappa shape index (κ3) is 3.94. The Labute approximate surface area is 149 Å². The van der Waals surface area contributed by atoms with Crippen molar-refractivity contribution in [1.29, 1.82) is 0 Å². The number of hydrogen-bond acceptors (Lipinski definition) is 4. The SMILES string of the molecule is Cn1nccc1[C@@H]1C[C@H]1CNC(=O)c1cc(CN=[N+]=[N-])cc(N=[N+]=[N-])c1. The standard InChI is InChI=1S/C16H17N9O/c1-25-15(2-3-21-25)14-7-12(14)9-19-16(26)11-4-10(8-20-23-17)5-13(6-11)22-24-18/h2-6,12,14H,7-9H2,1H3,(H,19,26)/t12-,14+/m0/s1. The molecule has 1 fully saturated rings. The van der Waals surface area contributed by atoms with Crippen LogP contribution in [0, 0.1) is 5.92 Å². The van der Waals surface area contributed by atoms with Crippen LogP contribution in [0.15, 0.2) is 40.7 Å². The van der Waals surface area contributed by atoms with Gasteiger partial charge < -0.3 is 5.32 Å². The molecular weight excluding hydrogens is 334 g/mol. The molecule has 10 heteroatoms. The van der Waals surface area contributed by atoms with Gasteiger partial charge in [0.25, 0.3) is 5.91 Å². The third-order valence-electron chi connectivity index (χ3n) is 4.40. The van der Waals surface area contributed by atoms with Crippen LogP contribution in [0.5, 0.6) is 0 Å². The van der Waals surface area contributed by atoms with Crippen molar-refractivity contribution in [3.8, 4) is 0 Å². The summed E-state index contributed by atoms with van der Waals surface area (Å²) < 4.78 is 1.86. The molecule has 1 aliphatic carbocycles. The van der Waals surface area contributed by atoms with Crippen LogP contribution in [-0.4, -0.2) is 22.2 Å². The predicted octanol–water partition coefficient (Wildman–Crippen LogP) is 3.71. The van der Waals surface area contributed by atoms with Crippen LogP contribution < -0.4 is 5.32 Å². The van der Waals surface area contributed by atoms with Crippen LogP contribution in [0.2, 0.25) is 0 Å². The lowest BCUT2D eigenvalue weighted by molar-refractivity contribution is 0.0951. The van der Waals surface area contributed by atoms with E-state index in [4.69, 9.17) is 11.1 Å². The summed E-state index contributed by atoms with van der Waals surface area (Å²) in [5.74, 6) is 0.549. The van der Waals surface area contributed by atoms with Crippen molar-refractivity contribution < 1.29 is 4.79 Å². The number of carbonyl (C=O) groups excluding carboxylic acids is 1. The second-order valence-electron chi connectivity index (χ2n) is 6.16. The summed E-state index contributed by atoms with van der Waals surface area (Å²) in [6.07, 6.45) is 2.79. The first-order valence-corrected chi connectivity index (χ1v) is 8.08. The maximum absolute atomic E-state index is 12.5. The number of nitrogens with one attached hydrogen (secondary N) is 1. The van der Waals surface area contributed by atoms with Gasteiger partial charge in [-0.05, 0) is 53.2 Å². The second kappa shape index (κ2) is 7.60. The summed E-state index contributed by atoms with van der Waals surface area (Å²) in [7, 11) is 1.91. The van der Waals surface area contributed by atoms with Crippen LogP contribution in [0.25, 0.3) is 20.9 Å². The summed E-state index contributed by atoms with van der Waals surface area (Å²) in [5.41, 5.74) is 19.5. The van der Waals surface area contributed by atoms with Gasteiger partial charge in [-0.1, -0.05) is 10.2 Å². The van der Waals surface area contributed by atoms with Gasteiger partial charge in [0.15, 0.2) is 0 Å². The number of aromatic nitrogens is 2. The number of hydrogen-bond donors (Lipinski definition) is 1. The fourth-order valence-corrected chi connectivity index (χ4v) is 3.03. The average molecular weight is 351 g/mol. The highest BCUT2D eigenvalue weighted by atomic mass is 16.1. The number of nitrogens with zero attached hydrogens (tertiary/aromatic N) is 8. The summed E-state index contributed by atoms with van der Waals surface area (Å²) in [4.78, 5) is 17.9. The Kier molecular flexibility index (Phi) is 5.07. The van der Waals surface area contributed by atoms with Gasteiger partial charge >= 0.3 is 0 Å². The number of carbonyl (C=O) groups is 1. The number of amides is 1. The van der Waals surface area contributed by atoms with E-state index < -0.39 is 0 Å². The average Bonchev–Trinajstić information content (AvgIpc) is 3.28. The molecule has 1 aromatic heterocycles. The van der Waals surface area contributed by atoms with E-state index in [-0.39, 0.29) is 12.5 Å². The van der Waals surface area contributed by atoms with Crippen LogP contribution >= 0.6 is 0 Å². The first-order valence-electron chi connectivity index (χ1n) is 8.08. The van der Waals surface area contributed by atoms with Gasteiger partial charge in [-0.25, -0.2) is 0 Å². The van der Waals surface area contributed by atoms with Gasteiger partial charge in [-0.15, -0.1) is 0 Å². The Bertz CT molecular complexity index is 922. The molecule has 1 aliphatic rings. The fraction of sp³-hybridized carbons (Fsp3) is 0.375. The van der Waals surface area contributed by atoms with E-state index in [1.165, 1.54) is 11.8 Å². The highest BCUT2D eigenvalue weighted by molar-refractivity contribution is 5.95. The minimum atomic E-state index is -0.252. The quantitative estimate of drug-likeness (QED) is 0.460. The lowest BCUT2D eigenvalue weighted by Crippen LogP contribution is -2.26. The van der Waals surface area contributed by atoms with Gasteiger partial charge in [-0.3, -0.25) is 9.48 Å². The van der Waals surface area contributed by atoms with Crippen molar-refractivity contribution in [2.75, 3.05) is 6.54 Å². The Morgan fingerprint density at radius 2 is 2.23 bits per heavy atom. The molecule has 2 atom stereocenters. The van der Waals surface area contributed by atoms with E-state index in [2.05, 4.69) is 30.5 Å². The van der Waals surface area contributed by atoms with Gasteiger partial charge in [0.1, 0.15) is 0 Å². The molecule has 0 radical (unpaired) electrons. The topological polar surface area (TPSA) is 144 Å². The molecule has 2 aromatic rings. The van der Waals surface area contributed by atoms with E-state index in [0.29, 0.717) is 35.2 Å². The first-order chi connectivity index (χ1) is 12.6. The lowest BCUT2D eigenvalue weighted by atomic mass is 10.1. The lowest BCUT2D eigenvalue weighted by Gasteiger charge is -2.08. The minimum Gasteiger partial charge on any atom is -0.352 e. The molecule has 3 rings (SSSR count). The highest BCUT2D eigenvalue weighted by Gasteiger charge is 2.40. The van der Waals surface area contributed by atoms with Crippen molar-refractivity contribution >= 4 is 11.6 Å². The van der Waals surface area contributed by atoms with E-state index >= 15 is 0 Å². The minimum absolute atomic E-state index is 0.0801. The molecule has 1 N–H and O–H groups in total. The monoisotopic (exact) mass is 351 g/mol. The van der Waals surface area contributed by atoms with Crippen molar-refractivity contribution in [2.45, 2.75) is 18.9 Å². The van der Waals surface area contributed by atoms with Gasteiger partial charge in [0.2, 0.25) is 0 Å². The molecule has 1 amide bonds. The Morgan fingerprint density at radius 1 is 1.38 bits per heavy atom. The molecule has 0 bridgehead atoms. The van der Waals surface area contributed by atoms with E-state index in [0.717, 1.165) is 6.42 Å². The molecule has 0 aliphatic heterocycles. The summed E-state index contributed by atoms with van der Waals surface area (Å²) >= 11 is 0. The van der Waals surface area contributed by atoms with Crippen molar-refractivity contribution in [2.24, 2.45) is 23.2 Å². The zero-order valence-corrected chi connectivity index (χ0v) is 14.1. The molecule has 1 heterocycles. The first kappa shape index (κ1) is 17.3. The Morgan fingerprint density at radius 3 is 2.92 bits per heavy atom. The van der Waals surface area contributed by atoms with E-state index in [1.807, 2.05) is 17.8 Å². The molecule has 26 heavy (non-hydrogen) atoms. The van der Waals surface area contributed by atoms with E-state index in [9.17, 15) is 4.79 Å². The molecule has 10 nitrogen and oxygen atoms in total. The van der Waals surface area contributed by atoms with Crippen molar-refractivity contribution in [3.63, 3.8) is 0 Å². The number of azide groups is 2. The number of benzene rings is 1. The third-order valence-corrected chi connectivity index (χ3v) is 4.40. The predicted molar refractivity (Wildman–Crippen MR) is 94.5 cm³/mol. The molecule has 0 spiro atoms. The van der Waals surface area contributed by atoms with Crippen molar-refractivity contribution in [3.05, 3.63) is 68.2 Å². The van der Waals surface area contributed by atoms with Crippen LogP contribution in [0.3, 0.4) is 0 Å². The van der Waals surface area contributed by atoms with Gasteiger partial charge in [0, 0.05) is 52.5 Å².